The lowest BCUT2D eigenvalue weighted by Crippen LogP contribution is -2.18. The van der Waals surface area contributed by atoms with E-state index in [1.807, 2.05) is 0 Å². The van der Waals surface area contributed by atoms with Crippen molar-refractivity contribution in [2.75, 3.05) is 25.6 Å². The highest BCUT2D eigenvalue weighted by Gasteiger charge is 2.17. The number of nitrogens with zero attached hydrogens (tertiary/aromatic N) is 3. The minimum absolute atomic E-state index is 0.176. The van der Waals surface area contributed by atoms with Crippen molar-refractivity contribution in [2.24, 2.45) is 0 Å². The van der Waals surface area contributed by atoms with Crippen LogP contribution in [0, 0.1) is 0 Å². The van der Waals surface area contributed by atoms with Gasteiger partial charge in [-0.05, 0) is 31.2 Å². The number of hydrogen-bond acceptors (Lipinski definition) is 6. The maximum absolute atomic E-state index is 11.9. The zero-order chi connectivity index (χ0) is 15.4. The van der Waals surface area contributed by atoms with Crippen LogP contribution in [0.5, 0.6) is 5.75 Å². The van der Waals surface area contributed by atoms with Crippen LogP contribution in [0.25, 0.3) is 11.4 Å². The molecule has 0 bridgehead atoms. The SMILES string of the molecule is CCOC(=O)c1cnc(-c2ccc(O)cc2)nc1N(C)C. The molecule has 1 heterocycles. The Labute approximate surface area is 123 Å². The average molecular weight is 287 g/mol. The number of carbonyl (C=O) groups is 1. The number of carbonyl (C=O) groups excluding carboxylic acids is 1. The van der Waals surface area contributed by atoms with Gasteiger partial charge in [-0.3, -0.25) is 0 Å². The topological polar surface area (TPSA) is 75.5 Å². The summed E-state index contributed by atoms with van der Waals surface area (Å²) in [5.41, 5.74) is 1.08. The fourth-order valence-electron chi connectivity index (χ4n) is 1.82. The molecule has 110 valence electrons. The second-order valence-electron chi connectivity index (χ2n) is 4.59. The van der Waals surface area contributed by atoms with Crippen LogP contribution in [0.3, 0.4) is 0 Å². The molecule has 1 aromatic heterocycles. The standard InChI is InChI=1S/C15H17N3O3/c1-4-21-15(20)12-9-16-13(17-14(12)18(2)3)10-5-7-11(19)8-6-10/h5-9,19H,4H2,1-3H3. The molecule has 1 N–H and O–H groups in total. The van der Waals surface area contributed by atoms with Crippen molar-refractivity contribution in [3.05, 3.63) is 36.0 Å². The summed E-state index contributed by atoms with van der Waals surface area (Å²) in [7, 11) is 3.59. The van der Waals surface area contributed by atoms with Gasteiger partial charge in [0, 0.05) is 25.9 Å². The summed E-state index contributed by atoms with van der Waals surface area (Å²) in [5.74, 6) is 0.700. The van der Waals surface area contributed by atoms with Gasteiger partial charge in [-0.2, -0.15) is 0 Å². The van der Waals surface area contributed by atoms with Crippen LogP contribution in [0.15, 0.2) is 30.5 Å². The van der Waals surface area contributed by atoms with Crippen LogP contribution >= 0.6 is 0 Å². The second kappa shape index (κ2) is 6.21. The third-order valence-electron chi connectivity index (χ3n) is 2.81. The first-order valence-electron chi connectivity index (χ1n) is 6.53. The van der Waals surface area contributed by atoms with Gasteiger partial charge in [-0.25, -0.2) is 14.8 Å². The average Bonchev–Trinajstić information content (AvgIpc) is 2.47. The number of ether oxygens (including phenoxy) is 1. The molecular weight excluding hydrogens is 270 g/mol. The zero-order valence-corrected chi connectivity index (χ0v) is 12.2. The number of benzene rings is 1. The Kier molecular flexibility index (Phi) is 4.37. The summed E-state index contributed by atoms with van der Waals surface area (Å²) in [5, 5.41) is 9.31. The molecule has 0 saturated carbocycles. The number of aromatic nitrogens is 2. The molecule has 0 unspecified atom stereocenters. The smallest absolute Gasteiger partial charge is 0.343 e. The van der Waals surface area contributed by atoms with E-state index < -0.39 is 5.97 Å². The van der Waals surface area contributed by atoms with Gasteiger partial charge in [0.15, 0.2) is 5.82 Å². The van der Waals surface area contributed by atoms with Gasteiger partial charge in [0.05, 0.1) is 6.61 Å². The first-order chi connectivity index (χ1) is 10.0. The van der Waals surface area contributed by atoms with E-state index in [1.54, 1.807) is 50.2 Å². The summed E-state index contributed by atoms with van der Waals surface area (Å²) in [4.78, 5) is 22.2. The fourth-order valence-corrected chi connectivity index (χ4v) is 1.82. The van der Waals surface area contributed by atoms with E-state index in [9.17, 15) is 9.90 Å². The summed E-state index contributed by atoms with van der Waals surface area (Å²) < 4.78 is 5.00. The number of hydrogen-bond donors (Lipinski definition) is 1. The molecule has 0 fully saturated rings. The van der Waals surface area contributed by atoms with Crippen molar-refractivity contribution in [1.29, 1.82) is 0 Å². The van der Waals surface area contributed by atoms with Crippen LogP contribution in [0.4, 0.5) is 5.82 Å². The van der Waals surface area contributed by atoms with Crippen molar-refractivity contribution in [3.63, 3.8) is 0 Å². The third-order valence-corrected chi connectivity index (χ3v) is 2.81. The van der Waals surface area contributed by atoms with Gasteiger partial charge in [0.2, 0.25) is 0 Å². The van der Waals surface area contributed by atoms with Crippen molar-refractivity contribution < 1.29 is 14.6 Å². The van der Waals surface area contributed by atoms with Crippen molar-refractivity contribution in [1.82, 2.24) is 9.97 Å². The quantitative estimate of drug-likeness (QED) is 0.868. The molecule has 0 spiro atoms. The Balaban J connectivity index is 2.45. The van der Waals surface area contributed by atoms with Gasteiger partial charge in [-0.15, -0.1) is 0 Å². The highest BCUT2D eigenvalue weighted by molar-refractivity contribution is 5.94. The lowest BCUT2D eigenvalue weighted by atomic mass is 10.2. The molecule has 0 aliphatic carbocycles. The Bertz CT molecular complexity index is 639. The van der Waals surface area contributed by atoms with E-state index in [-0.39, 0.29) is 5.75 Å². The summed E-state index contributed by atoms with van der Waals surface area (Å²) in [6, 6.07) is 6.56. The minimum Gasteiger partial charge on any atom is -0.508 e. The molecule has 6 heteroatoms. The first-order valence-corrected chi connectivity index (χ1v) is 6.53. The lowest BCUT2D eigenvalue weighted by Gasteiger charge is -2.16. The molecule has 2 rings (SSSR count). The molecule has 0 saturated heterocycles. The Morgan fingerprint density at radius 1 is 1.29 bits per heavy atom. The van der Waals surface area contributed by atoms with Crippen LogP contribution in [0.1, 0.15) is 17.3 Å². The minimum atomic E-state index is -0.446. The van der Waals surface area contributed by atoms with Gasteiger partial charge in [0.1, 0.15) is 17.1 Å². The van der Waals surface area contributed by atoms with Gasteiger partial charge < -0.3 is 14.7 Å². The normalized spacial score (nSPS) is 10.2. The molecule has 0 atom stereocenters. The van der Waals surface area contributed by atoms with E-state index in [1.165, 1.54) is 6.20 Å². The van der Waals surface area contributed by atoms with Gasteiger partial charge in [0.25, 0.3) is 0 Å². The second-order valence-corrected chi connectivity index (χ2v) is 4.59. The lowest BCUT2D eigenvalue weighted by molar-refractivity contribution is 0.0526. The molecule has 2 aromatic rings. The predicted octanol–water partition coefficient (Wildman–Crippen LogP) is 2.09. The number of anilines is 1. The monoisotopic (exact) mass is 287 g/mol. The van der Waals surface area contributed by atoms with Gasteiger partial charge >= 0.3 is 5.97 Å². The molecule has 0 aliphatic heterocycles. The highest BCUT2D eigenvalue weighted by atomic mass is 16.5. The largest absolute Gasteiger partial charge is 0.508 e. The Hall–Kier alpha value is -2.63. The summed E-state index contributed by atoms with van der Waals surface area (Å²) in [6.45, 7) is 2.05. The van der Waals surface area contributed by atoms with E-state index >= 15 is 0 Å². The molecular formula is C15H17N3O3. The number of rotatable bonds is 4. The van der Waals surface area contributed by atoms with Crippen molar-refractivity contribution in [2.45, 2.75) is 6.92 Å². The molecule has 0 amide bonds. The van der Waals surface area contributed by atoms with Gasteiger partial charge in [-0.1, -0.05) is 0 Å². The van der Waals surface area contributed by atoms with E-state index in [4.69, 9.17) is 4.74 Å². The van der Waals surface area contributed by atoms with Crippen LogP contribution in [-0.2, 0) is 4.74 Å². The molecule has 21 heavy (non-hydrogen) atoms. The fraction of sp³-hybridized carbons (Fsp3) is 0.267. The summed E-state index contributed by atoms with van der Waals surface area (Å²) in [6.07, 6.45) is 1.46. The predicted molar refractivity (Wildman–Crippen MR) is 79.4 cm³/mol. The number of aromatic hydroxyl groups is 1. The van der Waals surface area contributed by atoms with E-state index in [0.717, 1.165) is 5.56 Å². The van der Waals surface area contributed by atoms with E-state index in [2.05, 4.69) is 9.97 Å². The van der Waals surface area contributed by atoms with E-state index in [0.29, 0.717) is 23.8 Å². The number of phenolic OH excluding ortho intramolecular Hbond substituents is 1. The molecule has 6 nitrogen and oxygen atoms in total. The molecule has 0 aliphatic rings. The molecule has 0 radical (unpaired) electrons. The first kappa shape index (κ1) is 14.8. The highest BCUT2D eigenvalue weighted by Crippen LogP contribution is 2.23. The number of phenols is 1. The molecule has 1 aromatic carbocycles. The van der Waals surface area contributed by atoms with Crippen molar-refractivity contribution >= 4 is 11.8 Å². The summed E-state index contributed by atoms with van der Waals surface area (Å²) >= 11 is 0. The van der Waals surface area contributed by atoms with Crippen LogP contribution in [-0.4, -0.2) is 41.7 Å². The number of esters is 1. The van der Waals surface area contributed by atoms with Crippen LogP contribution in [0.2, 0.25) is 0 Å². The third kappa shape index (κ3) is 3.28. The maximum Gasteiger partial charge on any atom is 0.343 e. The zero-order valence-electron chi connectivity index (χ0n) is 12.2. The Morgan fingerprint density at radius 2 is 1.95 bits per heavy atom. The Morgan fingerprint density at radius 3 is 2.52 bits per heavy atom. The van der Waals surface area contributed by atoms with Crippen LogP contribution < -0.4 is 4.90 Å². The van der Waals surface area contributed by atoms with Crippen molar-refractivity contribution in [3.8, 4) is 17.1 Å². The maximum atomic E-state index is 11.9.